The molecule has 0 spiro atoms. The second-order valence-electron chi connectivity index (χ2n) is 1.75. The molecule has 3 nitrogen and oxygen atoms in total. The van der Waals surface area contributed by atoms with Crippen molar-refractivity contribution >= 4 is 34.8 Å². The summed E-state index contributed by atoms with van der Waals surface area (Å²) in [6, 6.07) is 0. The van der Waals surface area contributed by atoms with Crippen LogP contribution in [0, 0.1) is 0 Å². The van der Waals surface area contributed by atoms with E-state index in [2.05, 4.69) is 9.97 Å². The third kappa shape index (κ3) is 1.86. The van der Waals surface area contributed by atoms with E-state index in [0.29, 0.717) is 5.82 Å². The molecule has 0 saturated carbocycles. The summed E-state index contributed by atoms with van der Waals surface area (Å²) in [5, 5.41) is -0.133. The van der Waals surface area contributed by atoms with Gasteiger partial charge in [0.05, 0.1) is 5.88 Å². The zero-order valence-electron chi connectivity index (χ0n) is 5.20. The van der Waals surface area contributed by atoms with Crippen LogP contribution in [0.4, 0.5) is 0 Å². The highest BCUT2D eigenvalue weighted by atomic mass is 35.5. The summed E-state index contributed by atoms with van der Waals surface area (Å²) < 4.78 is 0. The first-order chi connectivity index (χ1) is 5.15. The SMILES string of the molecule is O=c1[nH]c(CCl)nc(Cl)c1Cl. The summed E-state index contributed by atoms with van der Waals surface area (Å²) in [7, 11) is 0. The normalized spacial score (nSPS) is 10.1. The fourth-order valence-electron chi connectivity index (χ4n) is 0.538. The third-order valence-electron chi connectivity index (χ3n) is 0.998. The number of rotatable bonds is 1. The fourth-order valence-corrected chi connectivity index (χ4v) is 0.942. The lowest BCUT2D eigenvalue weighted by Crippen LogP contribution is -2.11. The third-order valence-corrected chi connectivity index (χ3v) is 1.97. The first-order valence-corrected chi connectivity index (χ1v) is 3.94. The number of nitrogens with one attached hydrogen (secondary N) is 1. The van der Waals surface area contributed by atoms with Crippen LogP contribution in [0.5, 0.6) is 0 Å². The van der Waals surface area contributed by atoms with Crippen LogP contribution in [0.15, 0.2) is 4.79 Å². The number of halogens is 3. The van der Waals surface area contributed by atoms with Crippen molar-refractivity contribution in [3.05, 3.63) is 26.4 Å². The van der Waals surface area contributed by atoms with Gasteiger partial charge in [0.25, 0.3) is 5.56 Å². The molecule has 0 saturated heterocycles. The van der Waals surface area contributed by atoms with Gasteiger partial charge in [-0.25, -0.2) is 4.98 Å². The molecular weight excluding hydrogens is 210 g/mol. The molecule has 6 heteroatoms. The molecule has 0 radical (unpaired) electrons. The molecule has 0 aliphatic rings. The van der Waals surface area contributed by atoms with Crippen LogP contribution in [0.1, 0.15) is 5.82 Å². The van der Waals surface area contributed by atoms with Crippen molar-refractivity contribution in [2.24, 2.45) is 0 Å². The molecule has 0 aromatic carbocycles. The molecule has 0 aliphatic heterocycles. The Labute approximate surface area is 77.3 Å². The molecule has 0 fully saturated rings. The van der Waals surface area contributed by atoms with E-state index in [4.69, 9.17) is 34.8 Å². The van der Waals surface area contributed by atoms with Crippen molar-refractivity contribution < 1.29 is 0 Å². The van der Waals surface area contributed by atoms with E-state index in [0.717, 1.165) is 0 Å². The van der Waals surface area contributed by atoms with Crippen molar-refractivity contribution in [2.75, 3.05) is 0 Å². The van der Waals surface area contributed by atoms with Crippen molar-refractivity contribution in [3.8, 4) is 0 Å². The van der Waals surface area contributed by atoms with Crippen LogP contribution in [0.2, 0.25) is 10.2 Å². The molecule has 0 unspecified atom stereocenters. The highest BCUT2D eigenvalue weighted by Crippen LogP contribution is 2.13. The number of hydrogen-bond donors (Lipinski definition) is 1. The first-order valence-electron chi connectivity index (χ1n) is 2.65. The van der Waals surface area contributed by atoms with Gasteiger partial charge in [-0.15, -0.1) is 11.6 Å². The Morgan fingerprint density at radius 1 is 1.45 bits per heavy atom. The molecule has 60 valence electrons. The first kappa shape index (κ1) is 8.84. The van der Waals surface area contributed by atoms with E-state index in [-0.39, 0.29) is 16.1 Å². The minimum absolute atomic E-state index is 0.0222. The lowest BCUT2D eigenvalue weighted by Gasteiger charge is -1.96. The second kappa shape index (κ2) is 3.43. The van der Waals surface area contributed by atoms with Gasteiger partial charge in [-0.1, -0.05) is 23.2 Å². The van der Waals surface area contributed by atoms with E-state index in [9.17, 15) is 4.79 Å². The molecular formula is C5H3Cl3N2O. The maximum absolute atomic E-state index is 10.8. The Kier molecular flexibility index (Phi) is 2.76. The molecule has 0 bridgehead atoms. The van der Waals surface area contributed by atoms with E-state index < -0.39 is 5.56 Å². The number of nitrogens with zero attached hydrogens (tertiary/aromatic N) is 1. The largest absolute Gasteiger partial charge is 0.308 e. The van der Waals surface area contributed by atoms with E-state index in [1.165, 1.54) is 0 Å². The van der Waals surface area contributed by atoms with Gasteiger partial charge in [0.15, 0.2) is 5.15 Å². The second-order valence-corrected chi connectivity index (χ2v) is 2.75. The number of aromatic nitrogens is 2. The Balaban J connectivity index is 3.32. The van der Waals surface area contributed by atoms with Crippen LogP contribution < -0.4 is 5.56 Å². The number of aromatic amines is 1. The maximum atomic E-state index is 10.8. The fraction of sp³-hybridized carbons (Fsp3) is 0.200. The van der Waals surface area contributed by atoms with Gasteiger partial charge in [0.2, 0.25) is 0 Å². The van der Waals surface area contributed by atoms with Gasteiger partial charge in [-0.3, -0.25) is 4.79 Å². The summed E-state index contributed by atoms with van der Waals surface area (Å²) in [6.07, 6.45) is 0. The van der Waals surface area contributed by atoms with Crippen LogP contribution in [-0.4, -0.2) is 9.97 Å². The molecule has 1 aromatic heterocycles. The quantitative estimate of drug-likeness (QED) is 0.571. The molecule has 0 aliphatic carbocycles. The Morgan fingerprint density at radius 2 is 2.09 bits per heavy atom. The zero-order chi connectivity index (χ0) is 8.43. The van der Waals surface area contributed by atoms with Crippen LogP contribution in [0.3, 0.4) is 0 Å². The number of hydrogen-bond acceptors (Lipinski definition) is 2. The molecule has 0 atom stereocenters. The van der Waals surface area contributed by atoms with Gasteiger partial charge in [-0.2, -0.15) is 0 Å². The van der Waals surface area contributed by atoms with Crippen molar-refractivity contribution in [1.82, 2.24) is 9.97 Å². The Bertz CT molecular complexity index is 322. The Hall–Kier alpha value is -0.250. The van der Waals surface area contributed by atoms with Crippen molar-refractivity contribution in [2.45, 2.75) is 5.88 Å². The summed E-state index contributed by atoms with van der Waals surface area (Å²) in [5.41, 5.74) is -0.470. The number of alkyl halides is 1. The molecule has 1 aromatic rings. The van der Waals surface area contributed by atoms with Gasteiger partial charge < -0.3 is 4.98 Å². The van der Waals surface area contributed by atoms with Crippen LogP contribution >= 0.6 is 34.8 Å². The van der Waals surface area contributed by atoms with Crippen LogP contribution in [0.25, 0.3) is 0 Å². The minimum Gasteiger partial charge on any atom is -0.308 e. The number of H-pyrrole nitrogens is 1. The molecule has 0 amide bonds. The standard InChI is InChI=1S/C5H3Cl3N2O/c6-1-2-9-4(8)3(7)5(11)10-2/h1H2,(H,9,10,11). The summed E-state index contributed by atoms with van der Waals surface area (Å²) in [6.45, 7) is 0. The zero-order valence-corrected chi connectivity index (χ0v) is 7.46. The molecule has 1 rings (SSSR count). The highest BCUT2D eigenvalue weighted by molar-refractivity contribution is 6.41. The summed E-state index contributed by atoms with van der Waals surface area (Å²) >= 11 is 16.3. The molecule has 1 heterocycles. The summed E-state index contributed by atoms with van der Waals surface area (Å²) in [4.78, 5) is 16.9. The minimum atomic E-state index is -0.470. The highest BCUT2D eigenvalue weighted by Gasteiger charge is 2.05. The predicted octanol–water partition coefficient (Wildman–Crippen LogP) is 1.82. The van der Waals surface area contributed by atoms with Gasteiger partial charge in [0.1, 0.15) is 10.8 Å². The lowest BCUT2D eigenvalue weighted by atomic mass is 10.6. The van der Waals surface area contributed by atoms with Crippen LogP contribution in [-0.2, 0) is 5.88 Å². The molecule has 1 N–H and O–H groups in total. The smallest absolute Gasteiger partial charge is 0.271 e. The average Bonchev–Trinajstić information content (AvgIpc) is 1.99. The van der Waals surface area contributed by atoms with Gasteiger partial charge in [0, 0.05) is 0 Å². The Morgan fingerprint density at radius 3 is 2.55 bits per heavy atom. The monoisotopic (exact) mass is 212 g/mol. The predicted molar refractivity (Wildman–Crippen MR) is 44.4 cm³/mol. The summed E-state index contributed by atoms with van der Waals surface area (Å²) in [5.74, 6) is 0.414. The van der Waals surface area contributed by atoms with Gasteiger partial charge in [-0.05, 0) is 0 Å². The lowest BCUT2D eigenvalue weighted by molar-refractivity contribution is 0.999. The van der Waals surface area contributed by atoms with Crippen molar-refractivity contribution in [1.29, 1.82) is 0 Å². The van der Waals surface area contributed by atoms with E-state index in [1.807, 2.05) is 0 Å². The average molecular weight is 213 g/mol. The van der Waals surface area contributed by atoms with E-state index in [1.54, 1.807) is 0 Å². The molecule has 11 heavy (non-hydrogen) atoms. The topological polar surface area (TPSA) is 45.8 Å². The maximum Gasteiger partial charge on any atom is 0.271 e. The van der Waals surface area contributed by atoms with E-state index >= 15 is 0 Å². The van der Waals surface area contributed by atoms with Crippen molar-refractivity contribution in [3.63, 3.8) is 0 Å². The van der Waals surface area contributed by atoms with Gasteiger partial charge >= 0.3 is 0 Å².